The second-order valence-electron chi connectivity index (χ2n) is 13.0. The maximum absolute atomic E-state index is 13.0. The first-order chi connectivity index (χ1) is 25.1. The summed E-state index contributed by atoms with van der Waals surface area (Å²) < 4.78 is 5.87. The molecular weight excluding hydrogens is 654 g/mol. The van der Waals surface area contributed by atoms with E-state index in [1.165, 1.54) is 38.5 Å². The molecule has 0 fully saturated rings. The summed E-state index contributed by atoms with van der Waals surface area (Å²) in [5.41, 5.74) is 10.1. The van der Waals surface area contributed by atoms with Gasteiger partial charge >= 0.3 is 5.97 Å². The minimum absolute atomic E-state index is 0.167. The van der Waals surface area contributed by atoms with Crippen LogP contribution >= 0.6 is 0 Å². The van der Waals surface area contributed by atoms with Crippen LogP contribution in [0.1, 0.15) is 100 Å². The van der Waals surface area contributed by atoms with E-state index in [2.05, 4.69) is 48.3 Å². The molecule has 0 aliphatic rings. The van der Waals surface area contributed by atoms with Crippen LogP contribution in [0.15, 0.2) is 85.2 Å². The van der Waals surface area contributed by atoms with E-state index in [0.29, 0.717) is 17.3 Å². The zero-order chi connectivity index (χ0) is 37.7. The van der Waals surface area contributed by atoms with E-state index in [1.54, 1.807) is 24.5 Å². The topological polar surface area (TPSA) is 157 Å². The van der Waals surface area contributed by atoms with Gasteiger partial charge in [0.2, 0.25) is 5.91 Å². The van der Waals surface area contributed by atoms with Gasteiger partial charge in [0, 0.05) is 35.5 Å². The molecule has 10 heteroatoms. The first-order valence-electron chi connectivity index (χ1n) is 18.4. The van der Waals surface area contributed by atoms with Crippen LogP contribution in [0.4, 0.5) is 0 Å². The molecule has 3 aromatic carbocycles. The van der Waals surface area contributed by atoms with Gasteiger partial charge in [-0.05, 0) is 66.3 Å². The fourth-order valence-corrected chi connectivity index (χ4v) is 5.25. The standard InChI is InChI=1S/C38H44N4O5.C4H11N/c1-4-5-6-7-8-21-47-33-19-17-29(18-20-33)32-23-39-36(40-24-32)30-11-9-27(10-12-30)22-34(38(46)41-25-35(43)44)42-37(45)31-15-13-28(14-16-31)26(2)3;1-2-3-4-5/h9-20,23-24,26,34H,4-8,21-22,25H2,1-3H3,(H,41,46)(H,42,45)(H,43,44);2-5H2,1H3. The van der Waals surface area contributed by atoms with Gasteiger partial charge in [-0.2, -0.15) is 0 Å². The average Bonchev–Trinajstić information content (AvgIpc) is 3.16. The van der Waals surface area contributed by atoms with Crippen LogP contribution in [0.3, 0.4) is 0 Å². The minimum Gasteiger partial charge on any atom is -0.494 e. The summed E-state index contributed by atoms with van der Waals surface area (Å²) in [5.74, 6) is -0.441. The Balaban J connectivity index is 0.00000136. The first-order valence-corrected chi connectivity index (χ1v) is 18.4. The molecule has 4 rings (SSSR count). The third kappa shape index (κ3) is 14.3. The number of nitrogens with one attached hydrogen (secondary N) is 2. The number of amides is 2. The van der Waals surface area contributed by atoms with Crippen molar-refractivity contribution in [1.82, 2.24) is 20.6 Å². The molecule has 1 unspecified atom stereocenters. The highest BCUT2D eigenvalue weighted by molar-refractivity contribution is 5.98. The smallest absolute Gasteiger partial charge is 0.322 e. The van der Waals surface area contributed by atoms with Crippen molar-refractivity contribution in [2.24, 2.45) is 5.73 Å². The van der Waals surface area contributed by atoms with Gasteiger partial charge in [0.05, 0.1) is 6.61 Å². The Labute approximate surface area is 308 Å². The minimum atomic E-state index is -1.17. The van der Waals surface area contributed by atoms with Gasteiger partial charge < -0.3 is 26.2 Å². The number of carboxylic acid groups (broad SMARTS) is 1. The fourth-order valence-electron chi connectivity index (χ4n) is 5.25. The van der Waals surface area contributed by atoms with Crippen LogP contribution in [0, 0.1) is 0 Å². The van der Waals surface area contributed by atoms with Gasteiger partial charge in [-0.15, -0.1) is 0 Å². The zero-order valence-corrected chi connectivity index (χ0v) is 31.1. The molecule has 0 aliphatic heterocycles. The normalized spacial score (nSPS) is 11.3. The largest absolute Gasteiger partial charge is 0.494 e. The highest BCUT2D eigenvalue weighted by atomic mass is 16.5. The molecule has 10 nitrogen and oxygen atoms in total. The van der Waals surface area contributed by atoms with Gasteiger partial charge in [0.15, 0.2) is 5.82 Å². The third-order valence-corrected chi connectivity index (χ3v) is 8.44. The van der Waals surface area contributed by atoms with Crippen LogP contribution in [-0.2, 0) is 16.0 Å². The van der Waals surface area contributed by atoms with Crippen molar-refractivity contribution in [3.05, 3.63) is 102 Å². The number of hydrogen-bond acceptors (Lipinski definition) is 7. The number of nitrogens with two attached hydrogens (primary N) is 1. The van der Waals surface area contributed by atoms with E-state index in [0.717, 1.165) is 53.1 Å². The number of ether oxygens (including phenoxy) is 1. The van der Waals surface area contributed by atoms with Gasteiger partial charge in [-0.1, -0.05) is 108 Å². The molecule has 0 saturated heterocycles. The molecule has 52 heavy (non-hydrogen) atoms. The zero-order valence-electron chi connectivity index (χ0n) is 31.1. The Bertz CT molecular complexity index is 1640. The van der Waals surface area contributed by atoms with Crippen LogP contribution in [0.5, 0.6) is 5.75 Å². The van der Waals surface area contributed by atoms with Crippen LogP contribution < -0.4 is 21.1 Å². The van der Waals surface area contributed by atoms with E-state index in [9.17, 15) is 14.4 Å². The summed E-state index contributed by atoms with van der Waals surface area (Å²) in [4.78, 5) is 46.1. The Hall–Kier alpha value is -5.09. The van der Waals surface area contributed by atoms with E-state index in [4.69, 9.17) is 15.6 Å². The number of hydrogen-bond donors (Lipinski definition) is 4. The fraction of sp³-hybridized carbons (Fsp3) is 0.405. The monoisotopic (exact) mass is 709 g/mol. The van der Waals surface area contributed by atoms with Crippen molar-refractivity contribution in [3.63, 3.8) is 0 Å². The number of aliphatic carboxylic acids is 1. The lowest BCUT2D eigenvalue weighted by Crippen LogP contribution is -2.49. The molecule has 0 saturated carbocycles. The maximum Gasteiger partial charge on any atom is 0.322 e. The molecule has 2 amide bonds. The Morgan fingerprint density at radius 2 is 1.38 bits per heavy atom. The van der Waals surface area contributed by atoms with E-state index in [-0.39, 0.29) is 6.42 Å². The lowest BCUT2D eigenvalue weighted by Gasteiger charge is -2.19. The van der Waals surface area contributed by atoms with Crippen molar-refractivity contribution in [3.8, 4) is 28.3 Å². The van der Waals surface area contributed by atoms with Crippen molar-refractivity contribution < 1.29 is 24.2 Å². The second kappa shape index (κ2) is 22.7. The number of rotatable bonds is 19. The van der Waals surface area contributed by atoms with Gasteiger partial charge in [-0.3, -0.25) is 14.4 Å². The molecule has 1 heterocycles. The molecule has 5 N–H and O–H groups in total. The number of aromatic nitrogens is 2. The Morgan fingerprint density at radius 3 is 1.94 bits per heavy atom. The molecular formula is C42H55N5O5. The average molecular weight is 710 g/mol. The summed E-state index contributed by atoms with van der Waals surface area (Å²) in [5, 5.41) is 14.2. The highest BCUT2D eigenvalue weighted by Crippen LogP contribution is 2.24. The van der Waals surface area contributed by atoms with E-state index in [1.807, 2.05) is 60.7 Å². The SMILES string of the molecule is CCCCCCCOc1ccc(-c2cnc(-c3ccc(CC(NC(=O)c4ccc(C(C)C)cc4)C(=O)NCC(=O)O)cc3)nc2)cc1.CCCCN. The quantitative estimate of drug-likeness (QED) is 0.0727. The van der Waals surface area contributed by atoms with Crippen molar-refractivity contribution in [1.29, 1.82) is 0 Å². The number of carbonyl (C=O) groups is 3. The Kier molecular flexibility index (Phi) is 18.0. The van der Waals surface area contributed by atoms with Crippen molar-refractivity contribution in [2.75, 3.05) is 19.7 Å². The molecule has 1 aromatic heterocycles. The van der Waals surface area contributed by atoms with Gasteiger partial charge in [0.1, 0.15) is 18.3 Å². The second-order valence-corrected chi connectivity index (χ2v) is 13.0. The molecule has 0 aliphatic carbocycles. The van der Waals surface area contributed by atoms with Crippen LogP contribution in [0.2, 0.25) is 0 Å². The predicted octanol–water partition coefficient (Wildman–Crippen LogP) is 7.57. The van der Waals surface area contributed by atoms with E-state index >= 15 is 0 Å². The Morgan fingerprint density at radius 1 is 0.769 bits per heavy atom. The summed E-state index contributed by atoms with van der Waals surface area (Å²) >= 11 is 0. The van der Waals surface area contributed by atoms with Crippen molar-refractivity contribution >= 4 is 17.8 Å². The number of nitrogens with zero attached hydrogens (tertiary/aromatic N) is 2. The van der Waals surface area contributed by atoms with Crippen LogP contribution in [-0.4, -0.2) is 58.6 Å². The molecule has 0 radical (unpaired) electrons. The van der Waals surface area contributed by atoms with Crippen molar-refractivity contribution in [2.45, 2.75) is 91.0 Å². The van der Waals surface area contributed by atoms with Gasteiger partial charge in [-0.25, -0.2) is 9.97 Å². The molecule has 278 valence electrons. The lowest BCUT2D eigenvalue weighted by molar-refractivity contribution is -0.138. The third-order valence-electron chi connectivity index (χ3n) is 8.44. The highest BCUT2D eigenvalue weighted by Gasteiger charge is 2.23. The summed E-state index contributed by atoms with van der Waals surface area (Å²) in [7, 11) is 0. The number of unbranched alkanes of at least 4 members (excludes halogenated alkanes) is 5. The number of carboxylic acids is 1. The summed E-state index contributed by atoms with van der Waals surface area (Å²) in [6, 6.07) is 21.6. The molecule has 0 spiro atoms. The molecule has 0 bridgehead atoms. The van der Waals surface area contributed by atoms with Gasteiger partial charge in [0.25, 0.3) is 5.91 Å². The summed E-state index contributed by atoms with van der Waals surface area (Å²) in [6.07, 6.45) is 12.1. The molecule has 1 atom stereocenters. The lowest BCUT2D eigenvalue weighted by atomic mass is 10.0. The number of benzene rings is 3. The maximum atomic E-state index is 13.0. The summed E-state index contributed by atoms with van der Waals surface area (Å²) in [6.45, 7) is 9.50. The van der Waals surface area contributed by atoms with Crippen LogP contribution in [0.25, 0.3) is 22.5 Å². The molecule has 4 aromatic rings. The first kappa shape index (κ1) is 41.3. The number of carbonyl (C=O) groups excluding carboxylic acids is 2. The van der Waals surface area contributed by atoms with E-state index < -0.39 is 30.4 Å². The predicted molar refractivity (Wildman–Crippen MR) is 207 cm³/mol.